The van der Waals surface area contributed by atoms with E-state index in [2.05, 4.69) is 6.92 Å². The zero-order valence-corrected chi connectivity index (χ0v) is 8.38. The molecule has 4 nitrogen and oxygen atoms in total. The summed E-state index contributed by atoms with van der Waals surface area (Å²) in [5.41, 5.74) is 0. The molecule has 0 aromatic carbocycles. The number of carbonyl (C=O) groups excluding carboxylic acids is 2. The van der Waals surface area contributed by atoms with Gasteiger partial charge in [-0.25, -0.2) is 10.9 Å². The topological polar surface area (TPSA) is 63.4 Å². The highest BCUT2D eigenvalue weighted by atomic mass is 16.2. The summed E-state index contributed by atoms with van der Waals surface area (Å²) in [7, 11) is 0. The van der Waals surface area contributed by atoms with Gasteiger partial charge in [0.05, 0.1) is 0 Å². The first-order valence-electron chi connectivity index (χ1n) is 4.73. The lowest BCUT2D eigenvalue weighted by molar-refractivity contribution is -0.145. The molecule has 0 saturated carbocycles. The van der Waals surface area contributed by atoms with Crippen molar-refractivity contribution in [3.63, 3.8) is 0 Å². The van der Waals surface area contributed by atoms with Gasteiger partial charge in [0.15, 0.2) is 0 Å². The van der Waals surface area contributed by atoms with Gasteiger partial charge < -0.3 is 0 Å². The molecule has 2 N–H and O–H groups in total. The minimum atomic E-state index is -0.318. The first kappa shape index (κ1) is 12.1. The predicted octanol–water partition coefficient (Wildman–Crippen LogP) is 1.21. The van der Waals surface area contributed by atoms with Crippen molar-refractivity contribution in [2.24, 2.45) is 5.84 Å². The summed E-state index contributed by atoms with van der Waals surface area (Å²) >= 11 is 0. The lowest BCUT2D eigenvalue weighted by Gasteiger charge is -2.12. The van der Waals surface area contributed by atoms with Crippen LogP contribution in [0, 0.1) is 0 Å². The minimum Gasteiger partial charge on any atom is -0.273 e. The molecule has 0 bridgehead atoms. The fraction of sp³-hybridized carbons (Fsp3) is 0.778. The molecule has 0 aliphatic rings. The number of imide groups is 1. The van der Waals surface area contributed by atoms with Gasteiger partial charge in [0.25, 0.3) is 0 Å². The Balaban J connectivity index is 3.76. The van der Waals surface area contributed by atoms with Crippen LogP contribution in [-0.4, -0.2) is 16.8 Å². The van der Waals surface area contributed by atoms with Gasteiger partial charge in [0.1, 0.15) is 0 Å². The molecule has 0 saturated heterocycles. The lowest BCUT2D eigenvalue weighted by atomic mass is 10.2. The van der Waals surface area contributed by atoms with Crippen LogP contribution in [0.1, 0.15) is 46.0 Å². The summed E-state index contributed by atoms with van der Waals surface area (Å²) in [5.74, 6) is 4.69. The van der Waals surface area contributed by atoms with E-state index in [-0.39, 0.29) is 18.2 Å². The Kier molecular flexibility index (Phi) is 6.14. The Morgan fingerprint density at radius 1 is 1.15 bits per heavy atom. The van der Waals surface area contributed by atoms with Crippen LogP contribution >= 0.6 is 0 Å². The molecule has 0 aliphatic carbocycles. The second-order valence-corrected chi connectivity index (χ2v) is 2.97. The number of hydrazine groups is 1. The molecule has 13 heavy (non-hydrogen) atoms. The molecule has 0 aromatic rings. The number of rotatable bonds is 5. The van der Waals surface area contributed by atoms with Gasteiger partial charge in [-0.3, -0.25) is 9.59 Å². The molecule has 0 heterocycles. The Bertz CT molecular complexity index is 180. The first-order valence-corrected chi connectivity index (χ1v) is 4.73. The number of unbranched alkanes of at least 4 members (excludes halogenated alkanes) is 2. The fourth-order valence-electron chi connectivity index (χ4n) is 0.956. The summed E-state index contributed by atoms with van der Waals surface area (Å²) in [6, 6.07) is 0. The Morgan fingerprint density at radius 3 is 2.23 bits per heavy atom. The Labute approximate surface area is 79.1 Å². The number of nitrogens with zero attached hydrogens (tertiary/aromatic N) is 1. The molecule has 2 amide bonds. The van der Waals surface area contributed by atoms with E-state index in [0.29, 0.717) is 6.42 Å². The van der Waals surface area contributed by atoms with Crippen molar-refractivity contribution in [3.05, 3.63) is 0 Å². The second-order valence-electron chi connectivity index (χ2n) is 2.97. The predicted molar refractivity (Wildman–Crippen MR) is 50.5 cm³/mol. The standard InChI is InChI=1S/C9H18N2O2/c1-3-5-6-7-9(13)11(10)8(12)4-2/h3-7,10H2,1-2H3. The van der Waals surface area contributed by atoms with Gasteiger partial charge >= 0.3 is 0 Å². The minimum absolute atomic E-state index is 0.274. The van der Waals surface area contributed by atoms with Crippen molar-refractivity contribution < 1.29 is 9.59 Å². The van der Waals surface area contributed by atoms with Crippen LogP contribution in [-0.2, 0) is 9.59 Å². The van der Waals surface area contributed by atoms with Gasteiger partial charge in [-0.15, -0.1) is 0 Å². The molecular weight excluding hydrogens is 168 g/mol. The van der Waals surface area contributed by atoms with Crippen LogP contribution in [0.5, 0.6) is 0 Å². The van der Waals surface area contributed by atoms with Crippen LogP contribution < -0.4 is 5.84 Å². The molecule has 76 valence electrons. The SMILES string of the molecule is CCCCCC(=O)N(N)C(=O)CC. The van der Waals surface area contributed by atoms with Crippen LogP contribution in [0.4, 0.5) is 0 Å². The number of carbonyl (C=O) groups is 2. The van der Waals surface area contributed by atoms with E-state index in [4.69, 9.17) is 5.84 Å². The third-order valence-electron chi connectivity index (χ3n) is 1.83. The molecule has 0 fully saturated rings. The molecule has 0 spiro atoms. The van der Waals surface area contributed by atoms with E-state index in [9.17, 15) is 9.59 Å². The lowest BCUT2D eigenvalue weighted by Crippen LogP contribution is -2.42. The fourth-order valence-corrected chi connectivity index (χ4v) is 0.956. The molecule has 0 aromatic heterocycles. The van der Waals surface area contributed by atoms with Gasteiger partial charge in [-0.1, -0.05) is 26.7 Å². The van der Waals surface area contributed by atoms with Crippen LogP contribution in [0.25, 0.3) is 0 Å². The second kappa shape index (κ2) is 6.60. The number of hydrogen-bond donors (Lipinski definition) is 1. The number of amides is 2. The highest BCUT2D eigenvalue weighted by molar-refractivity contribution is 5.94. The highest BCUT2D eigenvalue weighted by Gasteiger charge is 2.14. The largest absolute Gasteiger partial charge is 0.273 e. The van der Waals surface area contributed by atoms with Gasteiger partial charge in [-0.05, 0) is 6.42 Å². The van der Waals surface area contributed by atoms with Crippen molar-refractivity contribution in [1.82, 2.24) is 5.01 Å². The average molecular weight is 186 g/mol. The maximum Gasteiger partial charge on any atom is 0.243 e. The van der Waals surface area contributed by atoms with Crippen LogP contribution in [0.3, 0.4) is 0 Å². The first-order chi connectivity index (χ1) is 6.13. The maximum atomic E-state index is 11.2. The van der Waals surface area contributed by atoms with E-state index in [0.717, 1.165) is 24.3 Å². The molecule has 0 rings (SSSR count). The summed E-state index contributed by atoms with van der Waals surface area (Å²) in [6.45, 7) is 3.74. The summed E-state index contributed by atoms with van der Waals surface area (Å²) in [6.07, 6.45) is 3.51. The smallest absolute Gasteiger partial charge is 0.243 e. The number of nitrogens with two attached hydrogens (primary N) is 1. The average Bonchev–Trinajstić information content (AvgIpc) is 2.15. The quantitative estimate of drug-likeness (QED) is 0.304. The zero-order valence-electron chi connectivity index (χ0n) is 8.38. The zero-order chi connectivity index (χ0) is 10.3. The monoisotopic (exact) mass is 186 g/mol. The summed E-state index contributed by atoms with van der Waals surface area (Å²) in [5, 5.41) is 0.732. The maximum absolute atomic E-state index is 11.2. The van der Waals surface area contributed by atoms with Gasteiger partial charge in [-0.2, -0.15) is 0 Å². The van der Waals surface area contributed by atoms with E-state index >= 15 is 0 Å². The van der Waals surface area contributed by atoms with Crippen molar-refractivity contribution in [2.45, 2.75) is 46.0 Å². The van der Waals surface area contributed by atoms with Gasteiger partial charge in [0.2, 0.25) is 11.8 Å². The van der Waals surface area contributed by atoms with Crippen LogP contribution in [0.15, 0.2) is 0 Å². The molecule has 0 radical (unpaired) electrons. The normalized spacial score (nSPS) is 9.77. The third-order valence-corrected chi connectivity index (χ3v) is 1.83. The van der Waals surface area contributed by atoms with Crippen molar-refractivity contribution in [2.75, 3.05) is 0 Å². The Hall–Kier alpha value is -0.900. The van der Waals surface area contributed by atoms with E-state index in [1.807, 2.05) is 0 Å². The van der Waals surface area contributed by atoms with E-state index < -0.39 is 0 Å². The Morgan fingerprint density at radius 2 is 1.77 bits per heavy atom. The van der Waals surface area contributed by atoms with E-state index in [1.165, 1.54) is 0 Å². The summed E-state index contributed by atoms with van der Waals surface area (Å²) in [4.78, 5) is 22.2. The van der Waals surface area contributed by atoms with Crippen molar-refractivity contribution in [1.29, 1.82) is 0 Å². The van der Waals surface area contributed by atoms with Crippen molar-refractivity contribution >= 4 is 11.8 Å². The van der Waals surface area contributed by atoms with E-state index in [1.54, 1.807) is 6.92 Å². The molecule has 4 heteroatoms. The third kappa shape index (κ3) is 4.62. The summed E-state index contributed by atoms with van der Waals surface area (Å²) < 4.78 is 0. The molecular formula is C9H18N2O2. The molecule has 0 atom stereocenters. The molecule has 0 aliphatic heterocycles. The van der Waals surface area contributed by atoms with Crippen LogP contribution in [0.2, 0.25) is 0 Å². The van der Waals surface area contributed by atoms with Crippen molar-refractivity contribution in [3.8, 4) is 0 Å². The van der Waals surface area contributed by atoms with Gasteiger partial charge in [0, 0.05) is 12.8 Å². The molecule has 0 unspecified atom stereocenters. The number of hydrogen-bond acceptors (Lipinski definition) is 3. The highest BCUT2D eigenvalue weighted by Crippen LogP contribution is 2.01.